The van der Waals surface area contributed by atoms with Crippen LogP contribution in [0.25, 0.3) is 10.9 Å². The number of para-hydroxylation sites is 1. The van der Waals surface area contributed by atoms with Crippen molar-refractivity contribution in [1.29, 1.82) is 0 Å². The van der Waals surface area contributed by atoms with Gasteiger partial charge in [0.15, 0.2) is 11.6 Å². The number of carbonyl (C=O) groups is 1. The first-order valence-electron chi connectivity index (χ1n) is 7.53. The Bertz CT molecular complexity index is 863. The standard InChI is InChI=1S/C18H16F2N2OS/c19-15-6-5-13(9-16(15)20)24-11-18(23)21-8-7-12-10-22-17-4-2-1-3-14(12)17/h1-6,9-10,22H,7-8,11H2,(H,21,23). The van der Waals surface area contributed by atoms with Crippen LogP contribution in [0.15, 0.2) is 53.6 Å². The summed E-state index contributed by atoms with van der Waals surface area (Å²) in [4.78, 5) is 15.6. The lowest BCUT2D eigenvalue weighted by Gasteiger charge is -2.05. The fourth-order valence-corrected chi connectivity index (χ4v) is 3.19. The summed E-state index contributed by atoms with van der Waals surface area (Å²) in [6, 6.07) is 11.6. The molecule has 2 N–H and O–H groups in total. The molecular formula is C18H16F2N2OS. The number of amides is 1. The van der Waals surface area contributed by atoms with Gasteiger partial charge in [0.1, 0.15) is 0 Å². The second kappa shape index (κ2) is 7.49. The van der Waals surface area contributed by atoms with Gasteiger partial charge in [-0.1, -0.05) is 18.2 Å². The number of aromatic nitrogens is 1. The number of carbonyl (C=O) groups excluding carboxylic acids is 1. The smallest absolute Gasteiger partial charge is 0.230 e. The maximum atomic E-state index is 13.1. The van der Waals surface area contributed by atoms with Crippen molar-refractivity contribution >= 4 is 28.6 Å². The van der Waals surface area contributed by atoms with E-state index in [0.29, 0.717) is 11.4 Å². The number of benzene rings is 2. The zero-order valence-corrected chi connectivity index (χ0v) is 13.6. The van der Waals surface area contributed by atoms with Gasteiger partial charge in [0.05, 0.1) is 5.75 Å². The number of hydrogen-bond acceptors (Lipinski definition) is 2. The van der Waals surface area contributed by atoms with E-state index < -0.39 is 11.6 Å². The van der Waals surface area contributed by atoms with Crippen molar-refractivity contribution in [3.05, 3.63) is 65.9 Å². The van der Waals surface area contributed by atoms with Gasteiger partial charge in [0.2, 0.25) is 5.91 Å². The van der Waals surface area contributed by atoms with Crippen molar-refractivity contribution in [2.24, 2.45) is 0 Å². The normalized spacial score (nSPS) is 10.9. The van der Waals surface area contributed by atoms with Gasteiger partial charge in [0.25, 0.3) is 0 Å². The van der Waals surface area contributed by atoms with Crippen molar-refractivity contribution in [3.8, 4) is 0 Å². The number of nitrogens with one attached hydrogen (secondary N) is 2. The van der Waals surface area contributed by atoms with Gasteiger partial charge in [-0.15, -0.1) is 11.8 Å². The highest BCUT2D eigenvalue weighted by Gasteiger charge is 2.07. The largest absolute Gasteiger partial charge is 0.361 e. The molecule has 1 amide bonds. The number of rotatable bonds is 6. The van der Waals surface area contributed by atoms with E-state index in [-0.39, 0.29) is 11.7 Å². The zero-order valence-electron chi connectivity index (χ0n) is 12.8. The second-order valence-corrected chi connectivity index (χ2v) is 6.37. The molecule has 0 bridgehead atoms. The molecule has 0 aliphatic heterocycles. The molecule has 3 nitrogen and oxygen atoms in total. The Hall–Kier alpha value is -2.34. The summed E-state index contributed by atoms with van der Waals surface area (Å²) < 4.78 is 25.9. The molecule has 6 heteroatoms. The average molecular weight is 346 g/mol. The Kier molecular flexibility index (Phi) is 5.15. The molecule has 3 aromatic rings. The van der Waals surface area contributed by atoms with Crippen LogP contribution in [0.1, 0.15) is 5.56 Å². The van der Waals surface area contributed by atoms with Crippen LogP contribution in [0.4, 0.5) is 8.78 Å². The Labute approximate surface area is 142 Å². The summed E-state index contributed by atoms with van der Waals surface area (Å²) in [5.41, 5.74) is 2.23. The van der Waals surface area contributed by atoms with Crippen LogP contribution in [-0.2, 0) is 11.2 Å². The van der Waals surface area contributed by atoms with Crippen LogP contribution in [-0.4, -0.2) is 23.2 Å². The fraction of sp³-hybridized carbons (Fsp3) is 0.167. The van der Waals surface area contributed by atoms with Crippen LogP contribution in [0.3, 0.4) is 0 Å². The molecule has 1 heterocycles. The van der Waals surface area contributed by atoms with E-state index in [1.807, 2.05) is 30.5 Å². The van der Waals surface area contributed by atoms with Crippen LogP contribution in [0.2, 0.25) is 0 Å². The molecule has 1 aromatic heterocycles. The topological polar surface area (TPSA) is 44.9 Å². The molecule has 0 saturated heterocycles. The van der Waals surface area contributed by atoms with Gasteiger partial charge in [-0.05, 0) is 36.2 Å². The second-order valence-electron chi connectivity index (χ2n) is 5.32. The lowest BCUT2D eigenvalue weighted by molar-refractivity contribution is -0.118. The van der Waals surface area contributed by atoms with Crippen molar-refractivity contribution in [3.63, 3.8) is 0 Å². The van der Waals surface area contributed by atoms with Crippen molar-refractivity contribution in [1.82, 2.24) is 10.3 Å². The van der Waals surface area contributed by atoms with Gasteiger partial charge in [-0.2, -0.15) is 0 Å². The minimum absolute atomic E-state index is 0.135. The van der Waals surface area contributed by atoms with Crippen molar-refractivity contribution < 1.29 is 13.6 Å². The molecule has 0 radical (unpaired) electrons. The SMILES string of the molecule is O=C(CSc1ccc(F)c(F)c1)NCCc1c[nH]c2ccccc12. The number of hydrogen-bond donors (Lipinski definition) is 2. The number of halogens is 2. The minimum Gasteiger partial charge on any atom is -0.361 e. The first-order valence-corrected chi connectivity index (χ1v) is 8.51. The summed E-state index contributed by atoms with van der Waals surface area (Å²) in [5, 5.41) is 4.00. The van der Waals surface area contributed by atoms with Crippen LogP contribution >= 0.6 is 11.8 Å². The van der Waals surface area contributed by atoms with Gasteiger partial charge in [-0.25, -0.2) is 8.78 Å². The van der Waals surface area contributed by atoms with E-state index in [4.69, 9.17) is 0 Å². The van der Waals surface area contributed by atoms with Crippen molar-refractivity contribution in [2.45, 2.75) is 11.3 Å². The van der Waals surface area contributed by atoms with Gasteiger partial charge < -0.3 is 10.3 Å². The molecule has 0 spiro atoms. The number of H-pyrrole nitrogens is 1. The van der Waals surface area contributed by atoms with E-state index in [1.54, 1.807) is 0 Å². The lowest BCUT2D eigenvalue weighted by Crippen LogP contribution is -2.27. The van der Waals surface area contributed by atoms with E-state index in [2.05, 4.69) is 10.3 Å². The third kappa shape index (κ3) is 3.94. The molecule has 0 unspecified atom stereocenters. The van der Waals surface area contributed by atoms with E-state index >= 15 is 0 Å². The first-order chi connectivity index (χ1) is 11.6. The monoisotopic (exact) mass is 346 g/mol. The lowest BCUT2D eigenvalue weighted by atomic mass is 10.1. The Morgan fingerprint density at radius 2 is 1.96 bits per heavy atom. The maximum Gasteiger partial charge on any atom is 0.230 e. The summed E-state index contributed by atoms with van der Waals surface area (Å²) in [5.74, 6) is -1.76. The fourth-order valence-electron chi connectivity index (χ4n) is 2.44. The molecule has 0 aliphatic rings. The number of fused-ring (bicyclic) bond motifs is 1. The summed E-state index contributed by atoms with van der Waals surface area (Å²) in [6.07, 6.45) is 2.68. The molecule has 2 aromatic carbocycles. The summed E-state index contributed by atoms with van der Waals surface area (Å²) in [6.45, 7) is 0.527. The minimum atomic E-state index is -0.903. The highest BCUT2D eigenvalue weighted by Crippen LogP contribution is 2.20. The third-order valence-electron chi connectivity index (χ3n) is 3.65. The number of thioether (sulfide) groups is 1. The molecule has 124 valence electrons. The molecule has 0 fully saturated rings. The predicted octanol–water partition coefficient (Wildman–Crippen LogP) is 3.90. The van der Waals surface area contributed by atoms with E-state index in [9.17, 15) is 13.6 Å². The first kappa shape index (κ1) is 16.5. The van der Waals surface area contributed by atoms with E-state index in [1.165, 1.54) is 17.8 Å². The Morgan fingerprint density at radius 1 is 1.12 bits per heavy atom. The van der Waals surface area contributed by atoms with Crippen LogP contribution < -0.4 is 5.32 Å². The quantitative estimate of drug-likeness (QED) is 0.665. The molecule has 0 saturated carbocycles. The highest BCUT2D eigenvalue weighted by atomic mass is 32.2. The molecule has 24 heavy (non-hydrogen) atoms. The third-order valence-corrected chi connectivity index (χ3v) is 4.65. The van der Waals surface area contributed by atoms with Gasteiger partial charge in [0, 0.05) is 28.5 Å². The Morgan fingerprint density at radius 3 is 2.79 bits per heavy atom. The summed E-state index contributed by atoms with van der Waals surface area (Å²) in [7, 11) is 0. The predicted molar refractivity (Wildman–Crippen MR) is 92.1 cm³/mol. The molecule has 3 rings (SSSR count). The molecule has 0 atom stereocenters. The highest BCUT2D eigenvalue weighted by molar-refractivity contribution is 8.00. The zero-order chi connectivity index (χ0) is 16.9. The Balaban J connectivity index is 1.46. The molecular weight excluding hydrogens is 330 g/mol. The molecule has 0 aliphatic carbocycles. The van der Waals surface area contributed by atoms with Crippen LogP contribution in [0, 0.1) is 11.6 Å². The van der Waals surface area contributed by atoms with Gasteiger partial charge >= 0.3 is 0 Å². The summed E-state index contributed by atoms with van der Waals surface area (Å²) >= 11 is 1.18. The number of aromatic amines is 1. The van der Waals surface area contributed by atoms with E-state index in [0.717, 1.165) is 35.0 Å². The van der Waals surface area contributed by atoms with Crippen LogP contribution in [0.5, 0.6) is 0 Å². The van der Waals surface area contributed by atoms with Gasteiger partial charge in [-0.3, -0.25) is 4.79 Å². The van der Waals surface area contributed by atoms with Crippen molar-refractivity contribution in [2.75, 3.05) is 12.3 Å². The average Bonchev–Trinajstić information content (AvgIpc) is 2.99. The maximum absolute atomic E-state index is 13.1.